The highest BCUT2D eigenvalue weighted by Crippen LogP contribution is 2.28. The van der Waals surface area contributed by atoms with Gasteiger partial charge in [-0.15, -0.1) is 0 Å². The fraction of sp³-hybridized carbons (Fsp3) is 0. The summed E-state index contributed by atoms with van der Waals surface area (Å²) in [6.07, 6.45) is 3.79. The topological polar surface area (TPSA) is 70.5 Å². The number of para-hydroxylation sites is 1. The van der Waals surface area contributed by atoms with Crippen LogP contribution in [0.15, 0.2) is 36.7 Å². The molecule has 2 heterocycles. The Balaban J connectivity index is 2.34. The predicted octanol–water partition coefficient (Wildman–Crippen LogP) is 2.14. The maximum atomic E-state index is 5.84. The first-order valence-corrected chi connectivity index (χ1v) is 4.72. The van der Waals surface area contributed by atoms with Crippen LogP contribution in [0.5, 0.6) is 0 Å². The molecule has 3 aromatic rings. The zero-order valence-electron chi connectivity index (χ0n) is 7.99. The molecule has 4 heteroatoms. The monoisotopic (exact) mass is 198 g/mol. The van der Waals surface area contributed by atoms with Crippen LogP contribution in [0.25, 0.3) is 22.2 Å². The normalized spacial score (nSPS) is 10.9. The maximum absolute atomic E-state index is 5.84. The first-order valence-electron chi connectivity index (χ1n) is 4.72. The number of hydrogen-bond acceptors (Lipinski definition) is 2. The Morgan fingerprint density at radius 3 is 2.93 bits per heavy atom. The first-order chi connectivity index (χ1) is 7.36. The van der Waals surface area contributed by atoms with E-state index in [1.807, 2.05) is 36.7 Å². The molecule has 0 radical (unpaired) electrons. The van der Waals surface area contributed by atoms with Crippen molar-refractivity contribution in [2.45, 2.75) is 0 Å². The largest absolute Gasteiger partial charge is 0.397 e. The van der Waals surface area contributed by atoms with Gasteiger partial charge < -0.3 is 10.7 Å². The van der Waals surface area contributed by atoms with E-state index < -0.39 is 0 Å². The molecule has 0 saturated carbocycles. The van der Waals surface area contributed by atoms with Crippen molar-refractivity contribution in [3.63, 3.8) is 0 Å². The van der Waals surface area contributed by atoms with E-state index in [-0.39, 0.29) is 0 Å². The summed E-state index contributed by atoms with van der Waals surface area (Å²) < 4.78 is 0. The number of fused-ring (bicyclic) bond motifs is 1. The van der Waals surface area contributed by atoms with Crippen molar-refractivity contribution in [2.24, 2.45) is 0 Å². The number of nitrogens with two attached hydrogens (primary N) is 1. The van der Waals surface area contributed by atoms with Crippen LogP contribution in [0, 0.1) is 0 Å². The SMILES string of the molecule is Nc1cccc2c(-c3cc[nH]c3)n[nH]c12. The molecule has 74 valence electrons. The van der Waals surface area contributed by atoms with Gasteiger partial charge in [0.1, 0.15) is 5.69 Å². The molecular weight excluding hydrogens is 188 g/mol. The molecule has 4 N–H and O–H groups in total. The minimum atomic E-state index is 0.724. The minimum Gasteiger partial charge on any atom is -0.397 e. The molecule has 3 rings (SSSR count). The van der Waals surface area contributed by atoms with Crippen LogP contribution in [-0.4, -0.2) is 15.2 Å². The lowest BCUT2D eigenvalue weighted by Crippen LogP contribution is -1.84. The number of H-pyrrole nitrogens is 2. The highest BCUT2D eigenvalue weighted by atomic mass is 15.1. The Labute approximate surface area is 86.1 Å². The maximum Gasteiger partial charge on any atom is 0.101 e. The van der Waals surface area contributed by atoms with Gasteiger partial charge in [-0.2, -0.15) is 5.10 Å². The van der Waals surface area contributed by atoms with Crippen LogP contribution in [-0.2, 0) is 0 Å². The van der Waals surface area contributed by atoms with Crippen molar-refractivity contribution in [3.05, 3.63) is 36.7 Å². The van der Waals surface area contributed by atoms with E-state index in [2.05, 4.69) is 15.2 Å². The zero-order valence-corrected chi connectivity index (χ0v) is 7.99. The molecule has 0 fully saturated rings. The van der Waals surface area contributed by atoms with Gasteiger partial charge in [-0.3, -0.25) is 5.10 Å². The summed E-state index contributed by atoms with van der Waals surface area (Å²) in [5.41, 5.74) is 9.46. The summed E-state index contributed by atoms with van der Waals surface area (Å²) in [5, 5.41) is 8.28. The molecule has 0 amide bonds. The molecule has 0 aliphatic carbocycles. The van der Waals surface area contributed by atoms with Crippen LogP contribution in [0.1, 0.15) is 0 Å². The molecule has 1 aromatic carbocycles. The number of nitrogen functional groups attached to an aromatic ring is 1. The van der Waals surface area contributed by atoms with Crippen molar-refractivity contribution in [2.75, 3.05) is 5.73 Å². The van der Waals surface area contributed by atoms with E-state index in [1.54, 1.807) is 0 Å². The zero-order chi connectivity index (χ0) is 10.3. The van der Waals surface area contributed by atoms with E-state index in [0.717, 1.165) is 27.8 Å². The van der Waals surface area contributed by atoms with Gasteiger partial charge in [0.2, 0.25) is 0 Å². The Morgan fingerprint density at radius 1 is 1.20 bits per heavy atom. The van der Waals surface area contributed by atoms with E-state index in [9.17, 15) is 0 Å². The van der Waals surface area contributed by atoms with Crippen molar-refractivity contribution >= 4 is 16.6 Å². The molecule has 2 aromatic heterocycles. The van der Waals surface area contributed by atoms with Gasteiger partial charge >= 0.3 is 0 Å². The van der Waals surface area contributed by atoms with Gasteiger partial charge in [-0.25, -0.2) is 0 Å². The smallest absolute Gasteiger partial charge is 0.101 e. The van der Waals surface area contributed by atoms with Crippen molar-refractivity contribution < 1.29 is 0 Å². The van der Waals surface area contributed by atoms with E-state index in [0.29, 0.717) is 0 Å². The Hall–Kier alpha value is -2.23. The van der Waals surface area contributed by atoms with E-state index >= 15 is 0 Å². The molecule has 0 atom stereocenters. The van der Waals surface area contributed by atoms with Crippen LogP contribution in [0.4, 0.5) is 5.69 Å². The number of nitrogens with one attached hydrogen (secondary N) is 2. The molecule has 0 unspecified atom stereocenters. The second kappa shape index (κ2) is 2.88. The van der Waals surface area contributed by atoms with Gasteiger partial charge in [-0.1, -0.05) is 12.1 Å². The average molecular weight is 198 g/mol. The summed E-state index contributed by atoms with van der Waals surface area (Å²) in [5.74, 6) is 0. The number of aromatic nitrogens is 3. The number of aromatic amines is 2. The highest BCUT2D eigenvalue weighted by molar-refractivity contribution is 5.98. The Bertz CT molecular complexity index is 592. The number of benzene rings is 1. The van der Waals surface area contributed by atoms with E-state index in [1.165, 1.54) is 0 Å². The van der Waals surface area contributed by atoms with Gasteiger partial charge in [-0.05, 0) is 12.1 Å². The standard InChI is InChI=1S/C11H10N4/c12-9-3-1-2-8-10(14-15-11(8)9)7-4-5-13-6-7/h1-6,13H,12H2,(H,14,15). The molecule has 0 saturated heterocycles. The van der Waals surface area contributed by atoms with Crippen molar-refractivity contribution in [1.82, 2.24) is 15.2 Å². The number of rotatable bonds is 1. The summed E-state index contributed by atoms with van der Waals surface area (Å²) in [6, 6.07) is 7.79. The van der Waals surface area contributed by atoms with Gasteiger partial charge in [0, 0.05) is 23.3 Å². The molecule has 0 aliphatic heterocycles. The molecule has 0 aliphatic rings. The summed E-state index contributed by atoms with van der Waals surface area (Å²) >= 11 is 0. The lowest BCUT2D eigenvalue weighted by molar-refractivity contribution is 1.12. The van der Waals surface area contributed by atoms with Crippen LogP contribution < -0.4 is 5.73 Å². The first kappa shape index (κ1) is 8.11. The number of anilines is 1. The quantitative estimate of drug-likeness (QED) is 0.524. The summed E-state index contributed by atoms with van der Waals surface area (Å²) in [4.78, 5) is 3.01. The minimum absolute atomic E-state index is 0.724. The lowest BCUT2D eigenvalue weighted by atomic mass is 10.1. The Kier molecular flexibility index (Phi) is 1.56. The predicted molar refractivity (Wildman–Crippen MR) is 60.3 cm³/mol. The van der Waals surface area contributed by atoms with Gasteiger partial charge in [0.25, 0.3) is 0 Å². The number of hydrogen-bond donors (Lipinski definition) is 3. The fourth-order valence-corrected chi connectivity index (χ4v) is 1.76. The van der Waals surface area contributed by atoms with E-state index in [4.69, 9.17) is 5.73 Å². The lowest BCUT2D eigenvalue weighted by Gasteiger charge is -1.95. The van der Waals surface area contributed by atoms with Gasteiger partial charge in [0.05, 0.1) is 11.2 Å². The molecule has 0 bridgehead atoms. The fourth-order valence-electron chi connectivity index (χ4n) is 1.76. The van der Waals surface area contributed by atoms with Gasteiger partial charge in [0.15, 0.2) is 0 Å². The highest BCUT2D eigenvalue weighted by Gasteiger charge is 2.09. The molecule has 15 heavy (non-hydrogen) atoms. The number of nitrogens with zero attached hydrogens (tertiary/aromatic N) is 1. The van der Waals surface area contributed by atoms with Crippen LogP contribution >= 0.6 is 0 Å². The van der Waals surface area contributed by atoms with Crippen LogP contribution in [0.3, 0.4) is 0 Å². The molecule has 4 nitrogen and oxygen atoms in total. The third kappa shape index (κ3) is 1.11. The molecular formula is C11H10N4. The summed E-state index contributed by atoms with van der Waals surface area (Å²) in [6.45, 7) is 0. The van der Waals surface area contributed by atoms with Crippen molar-refractivity contribution in [3.8, 4) is 11.3 Å². The van der Waals surface area contributed by atoms with Crippen molar-refractivity contribution in [1.29, 1.82) is 0 Å². The average Bonchev–Trinajstić information content (AvgIpc) is 2.85. The third-order valence-corrected chi connectivity index (χ3v) is 2.50. The molecule has 0 spiro atoms. The second-order valence-electron chi connectivity index (χ2n) is 3.44. The van der Waals surface area contributed by atoms with Crippen LogP contribution in [0.2, 0.25) is 0 Å². The Morgan fingerprint density at radius 2 is 2.13 bits per heavy atom. The second-order valence-corrected chi connectivity index (χ2v) is 3.44. The summed E-state index contributed by atoms with van der Waals surface area (Å²) in [7, 11) is 0. The third-order valence-electron chi connectivity index (χ3n) is 2.50.